The molecular weight excluding hydrogens is 375 g/mol. The minimum absolute atomic E-state index is 0.307. The van der Waals surface area contributed by atoms with E-state index in [1.54, 1.807) is 0 Å². The smallest absolute Gasteiger partial charge is 0.183 e. The van der Waals surface area contributed by atoms with E-state index >= 15 is 0 Å². The molecule has 0 aliphatic carbocycles. The van der Waals surface area contributed by atoms with Crippen molar-refractivity contribution in [1.29, 1.82) is 0 Å². The summed E-state index contributed by atoms with van der Waals surface area (Å²) in [5.41, 5.74) is 8.54. The molecule has 0 spiro atoms. The van der Waals surface area contributed by atoms with E-state index in [-0.39, 0.29) is 0 Å². The first kappa shape index (κ1) is 23.1. The van der Waals surface area contributed by atoms with Crippen LogP contribution in [0.1, 0.15) is 33.4 Å². The van der Waals surface area contributed by atoms with Crippen molar-refractivity contribution < 1.29 is 4.43 Å². The van der Waals surface area contributed by atoms with Crippen molar-refractivity contribution in [2.45, 2.75) is 66.8 Å². The van der Waals surface area contributed by atoms with E-state index in [2.05, 4.69) is 98.1 Å². The van der Waals surface area contributed by atoms with Crippen LogP contribution in [-0.4, -0.2) is 20.6 Å². The van der Waals surface area contributed by atoms with Gasteiger partial charge in [-0.15, -0.1) is 6.58 Å². The molecular formula is C25H37OPSi. The van der Waals surface area contributed by atoms with Crippen LogP contribution < -0.4 is 10.6 Å². The lowest BCUT2D eigenvalue weighted by Crippen LogP contribution is -2.34. The maximum Gasteiger partial charge on any atom is 0.183 e. The molecule has 1 nitrogen and oxygen atoms in total. The Morgan fingerprint density at radius 2 is 1.18 bits per heavy atom. The van der Waals surface area contributed by atoms with Crippen LogP contribution in [0.5, 0.6) is 0 Å². The summed E-state index contributed by atoms with van der Waals surface area (Å²) in [6.45, 7) is 25.2. The molecule has 0 saturated heterocycles. The first-order valence-corrected chi connectivity index (χ1v) is 15.0. The number of rotatable bonds is 7. The predicted octanol–water partition coefficient (Wildman–Crippen LogP) is 6.38. The summed E-state index contributed by atoms with van der Waals surface area (Å²) >= 11 is 0. The second kappa shape index (κ2) is 9.07. The average molecular weight is 413 g/mol. The molecule has 1 atom stereocenters. The van der Waals surface area contributed by atoms with Gasteiger partial charge < -0.3 is 4.43 Å². The van der Waals surface area contributed by atoms with Gasteiger partial charge in [-0.25, -0.2) is 0 Å². The van der Waals surface area contributed by atoms with E-state index in [1.807, 2.05) is 0 Å². The fraction of sp³-hybridized carbons (Fsp3) is 0.440. The molecule has 28 heavy (non-hydrogen) atoms. The fourth-order valence-electron chi connectivity index (χ4n) is 4.13. The quantitative estimate of drug-likeness (QED) is 0.291. The fourth-order valence-corrected chi connectivity index (χ4v) is 8.05. The first-order chi connectivity index (χ1) is 12.9. The van der Waals surface area contributed by atoms with E-state index in [1.165, 1.54) is 44.0 Å². The second-order valence-corrected chi connectivity index (χ2v) is 15.9. The summed E-state index contributed by atoms with van der Waals surface area (Å²) in [4.78, 5) is 0. The Labute approximate surface area is 175 Å². The van der Waals surface area contributed by atoms with Crippen LogP contribution in [0.3, 0.4) is 0 Å². The van der Waals surface area contributed by atoms with Crippen LogP contribution in [0.25, 0.3) is 0 Å². The Balaban J connectivity index is 2.71. The molecule has 2 rings (SSSR count). The van der Waals surface area contributed by atoms with E-state index < -0.39 is 16.2 Å². The van der Waals surface area contributed by atoms with Crippen molar-refractivity contribution in [3.05, 3.63) is 70.3 Å². The highest BCUT2D eigenvalue weighted by Gasteiger charge is 2.29. The number of benzene rings is 2. The SMILES string of the molecule is C=CC(CO[Si](C)(C)C)P(c1c(C)cc(C)cc1C)c1c(C)cc(C)cc1C. The molecule has 2 aromatic rings. The molecule has 0 bridgehead atoms. The zero-order chi connectivity index (χ0) is 21.2. The third-order valence-corrected chi connectivity index (χ3v) is 9.47. The van der Waals surface area contributed by atoms with Crippen molar-refractivity contribution in [3.63, 3.8) is 0 Å². The Bertz CT molecular complexity index is 760. The van der Waals surface area contributed by atoms with Crippen molar-refractivity contribution in [1.82, 2.24) is 0 Å². The lowest BCUT2D eigenvalue weighted by atomic mass is 10.1. The molecule has 0 aromatic heterocycles. The highest BCUT2D eigenvalue weighted by atomic mass is 31.1. The normalized spacial score (nSPS) is 13.1. The number of hydrogen-bond donors (Lipinski definition) is 0. The van der Waals surface area contributed by atoms with Crippen LogP contribution in [0.15, 0.2) is 36.9 Å². The minimum atomic E-state index is -1.59. The van der Waals surface area contributed by atoms with Gasteiger partial charge in [-0.1, -0.05) is 41.5 Å². The molecule has 0 radical (unpaired) electrons. The average Bonchev–Trinajstić information content (AvgIpc) is 2.51. The third kappa shape index (κ3) is 5.44. The molecule has 0 heterocycles. The second-order valence-electron chi connectivity index (χ2n) is 9.09. The molecule has 2 aromatic carbocycles. The monoisotopic (exact) mass is 412 g/mol. The lowest BCUT2D eigenvalue weighted by Gasteiger charge is -2.33. The maximum absolute atomic E-state index is 6.40. The summed E-state index contributed by atoms with van der Waals surface area (Å²) in [5, 5.41) is 3.00. The molecule has 0 fully saturated rings. The zero-order valence-electron chi connectivity index (χ0n) is 19.2. The highest BCUT2D eigenvalue weighted by molar-refractivity contribution is 7.74. The third-order valence-electron chi connectivity index (χ3n) is 5.04. The summed E-state index contributed by atoms with van der Waals surface area (Å²) in [6.07, 6.45) is 2.14. The lowest BCUT2D eigenvalue weighted by molar-refractivity contribution is 0.322. The highest BCUT2D eigenvalue weighted by Crippen LogP contribution is 2.44. The van der Waals surface area contributed by atoms with Crippen molar-refractivity contribution in [3.8, 4) is 0 Å². The minimum Gasteiger partial charge on any atom is -0.417 e. The molecule has 0 aliphatic rings. The topological polar surface area (TPSA) is 9.23 Å². The standard InChI is InChI=1S/C25H37OPSi/c1-11-23(16-26-28(8,9)10)27(24-19(4)12-17(2)13-20(24)5)25-21(6)14-18(3)15-22(25)7/h11-15,23H,1,16H2,2-10H3. The van der Waals surface area contributed by atoms with E-state index in [4.69, 9.17) is 4.43 Å². The molecule has 3 heteroatoms. The van der Waals surface area contributed by atoms with Crippen molar-refractivity contribution in [2.24, 2.45) is 0 Å². The van der Waals surface area contributed by atoms with Crippen molar-refractivity contribution >= 4 is 26.8 Å². The molecule has 0 aliphatic heterocycles. The van der Waals surface area contributed by atoms with Gasteiger partial charge in [-0.3, -0.25) is 0 Å². The Morgan fingerprint density at radius 1 is 0.821 bits per heavy atom. The summed E-state index contributed by atoms with van der Waals surface area (Å²) in [7, 11) is -2.19. The summed E-state index contributed by atoms with van der Waals surface area (Å²) in [5.74, 6) is 0. The molecule has 1 unspecified atom stereocenters. The summed E-state index contributed by atoms with van der Waals surface area (Å²) < 4.78 is 6.40. The molecule has 0 N–H and O–H groups in total. The zero-order valence-corrected chi connectivity index (χ0v) is 21.1. The van der Waals surface area contributed by atoms with Gasteiger partial charge in [-0.2, -0.15) is 0 Å². The largest absolute Gasteiger partial charge is 0.417 e. The van der Waals surface area contributed by atoms with Gasteiger partial charge >= 0.3 is 0 Å². The molecule has 0 amide bonds. The van der Waals surface area contributed by atoms with Crippen LogP contribution in [0.4, 0.5) is 0 Å². The predicted molar refractivity (Wildman–Crippen MR) is 131 cm³/mol. The van der Waals surface area contributed by atoms with Crippen LogP contribution >= 0.6 is 7.92 Å². The van der Waals surface area contributed by atoms with Gasteiger partial charge in [-0.05, 0) is 102 Å². The van der Waals surface area contributed by atoms with Gasteiger partial charge in [0.1, 0.15) is 0 Å². The van der Waals surface area contributed by atoms with Crippen LogP contribution in [0.2, 0.25) is 19.6 Å². The summed E-state index contributed by atoms with van der Waals surface area (Å²) in [6, 6.07) is 9.32. The van der Waals surface area contributed by atoms with Crippen LogP contribution in [0, 0.1) is 41.5 Å². The molecule has 152 valence electrons. The Morgan fingerprint density at radius 3 is 1.46 bits per heavy atom. The first-order valence-electron chi connectivity index (χ1n) is 10.2. The van der Waals surface area contributed by atoms with E-state index in [9.17, 15) is 0 Å². The Hall–Kier alpha value is -1.21. The van der Waals surface area contributed by atoms with Gasteiger partial charge in [0.2, 0.25) is 0 Å². The van der Waals surface area contributed by atoms with Crippen molar-refractivity contribution in [2.75, 3.05) is 6.61 Å². The number of hydrogen-bond acceptors (Lipinski definition) is 1. The van der Waals surface area contributed by atoms with Gasteiger partial charge in [0, 0.05) is 12.3 Å². The van der Waals surface area contributed by atoms with E-state index in [0.29, 0.717) is 5.66 Å². The van der Waals surface area contributed by atoms with Gasteiger partial charge in [0.15, 0.2) is 8.32 Å². The van der Waals surface area contributed by atoms with Crippen LogP contribution in [-0.2, 0) is 4.43 Å². The molecule has 0 saturated carbocycles. The van der Waals surface area contributed by atoms with Gasteiger partial charge in [0.25, 0.3) is 0 Å². The van der Waals surface area contributed by atoms with E-state index in [0.717, 1.165) is 6.61 Å². The number of aryl methyl sites for hydroxylation is 6. The van der Waals surface area contributed by atoms with Gasteiger partial charge in [0.05, 0.1) is 0 Å². The maximum atomic E-state index is 6.40. The Kier molecular flexibility index (Phi) is 7.48.